The molecule has 0 unspecified atom stereocenters. The maximum absolute atomic E-state index is 12.3. The second-order valence-corrected chi connectivity index (χ2v) is 7.18. The second-order valence-electron chi connectivity index (χ2n) is 5.53. The quantitative estimate of drug-likeness (QED) is 0.532. The zero-order valence-corrected chi connectivity index (χ0v) is 17.3. The van der Waals surface area contributed by atoms with Crippen LogP contribution in [0.25, 0.3) is 0 Å². The lowest BCUT2D eigenvalue weighted by Gasteiger charge is -2.13. The minimum atomic E-state index is -0.511. The lowest BCUT2D eigenvalue weighted by molar-refractivity contribution is -0.116. The summed E-state index contributed by atoms with van der Waals surface area (Å²) in [5, 5.41) is 9.13. The molecule has 2 aromatic carbocycles. The molecule has 0 atom stereocenters. The van der Waals surface area contributed by atoms with Crippen LogP contribution in [-0.2, 0) is 4.79 Å². The molecule has 0 radical (unpaired) electrons. The van der Waals surface area contributed by atoms with Crippen molar-refractivity contribution in [3.8, 4) is 0 Å². The van der Waals surface area contributed by atoms with Crippen LogP contribution in [-0.4, -0.2) is 16.9 Å². The van der Waals surface area contributed by atoms with E-state index in [0.717, 1.165) is 6.42 Å². The van der Waals surface area contributed by atoms with E-state index < -0.39 is 5.91 Å². The molecule has 2 amide bonds. The van der Waals surface area contributed by atoms with E-state index in [1.54, 1.807) is 24.3 Å². The Morgan fingerprint density at radius 1 is 1.00 bits per heavy atom. The Kier molecular flexibility index (Phi) is 7.86. The molecule has 0 saturated carbocycles. The van der Waals surface area contributed by atoms with E-state index in [4.69, 9.17) is 47.0 Å². The maximum Gasteiger partial charge on any atom is 0.258 e. The van der Waals surface area contributed by atoms with E-state index in [0.29, 0.717) is 27.8 Å². The highest BCUT2D eigenvalue weighted by molar-refractivity contribution is 7.80. The largest absolute Gasteiger partial charge is 0.331 e. The first kappa shape index (κ1) is 21.4. The van der Waals surface area contributed by atoms with Gasteiger partial charge in [0, 0.05) is 17.1 Å². The summed E-state index contributed by atoms with van der Waals surface area (Å²) in [7, 11) is 0. The van der Waals surface area contributed by atoms with Crippen LogP contribution in [0, 0.1) is 0 Å². The summed E-state index contributed by atoms with van der Waals surface area (Å²) in [5.74, 6) is -0.610. The van der Waals surface area contributed by atoms with E-state index >= 15 is 0 Å². The Hall–Kier alpha value is -1.86. The van der Waals surface area contributed by atoms with Gasteiger partial charge in [0.15, 0.2) is 5.11 Å². The predicted octanol–water partition coefficient (Wildman–Crippen LogP) is 5.51. The van der Waals surface area contributed by atoms with Crippen molar-refractivity contribution in [1.29, 1.82) is 0 Å². The van der Waals surface area contributed by atoms with Gasteiger partial charge in [0.05, 0.1) is 21.3 Å². The minimum Gasteiger partial charge on any atom is -0.331 e. The van der Waals surface area contributed by atoms with Crippen molar-refractivity contribution in [3.05, 3.63) is 57.0 Å². The maximum atomic E-state index is 12.3. The molecule has 0 aromatic heterocycles. The first-order chi connectivity index (χ1) is 12.8. The van der Waals surface area contributed by atoms with Gasteiger partial charge in [-0.05, 0) is 55.0 Å². The van der Waals surface area contributed by atoms with E-state index in [2.05, 4.69) is 16.0 Å². The number of hydrogen-bond acceptors (Lipinski definition) is 3. The van der Waals surface area contributed by atoms with Crippen LogP contribution >= 0.6 is 47.0 Å². The molecule has 2 aromatic rings. The average molecular weight is 445 g/mol. The fraction of sp³-hybridized carbons (Fsp3) is 0.167. The van der Waals surface area contributed by atoms with E-state index in [-0.39, 0.29) is 21.6 Å². The van der Waals surface area contributed by atoms with Gasteiger partial charge in [0.25, 0.3) is 5.91 Å². The van der Waals surface area contributed by atoms with Crippen molar-refractivity contribution in [2.45, 2.75) is 19.8 Å². The molecule has 0 fully saturated rings. The fourth-order valence-electron chi connectivity index (χ4n) is 2.14. The average Bonchev–Trinajstić information content (AvgIpc) is 2.60. The number of carbonyl (C=O) groups is 2. The van der Waals surface area contributed by atoms with Gasteiger partial charge in [0.2, 0.25) is 5.91 Å². The zero-order chi connectivity index (χ0) is 20.0. The van der Waals surface area contributed by atoms with Crippen molar-refractivity contribution >= 4 is 75.3 Å². The Balaban J connectivity index is 2.07. The second kappa shape index (κ2) is 9.90. The number of amides is 2. The normalized spacial score (nSPS) is 10.2. The van der Waals surface area contributed by atoms with Crippen molar-refractivity contribution in [2.24, 2.45) is 0 Å². The third kappa shape index (κ3) is 6.36. The first-order valence-corrected chi connectivity index (χ1v) is 9.51. The highest BCUT2D eigenvalue weighted by atomic mass is 35.5. The van der Waals surface area contributed by atoms with Crippen LogP contribution in [0.4, 0.5) is 11.4 Å². The molecule has 0 spiro atoms. The number of anilines is 2. The first-order valence-electron chi connectivity index (χ1n) is 7.97. The van der Waals surface area contributed by atoms with Crippen LogP contribution in [0.1, 0.15) is 30.1 Å². The summed E-state index contributed by atoms with van der Waals surface area (Å²) in [6.45, 7) is 1.92. The van der Waals surface area contributed by atoms with Gasteiger partial charge in [-0.25, -0.2) is 0 Å². The SMILES string of the molecule is CCCC(=O)Nc1ccc(Cl)c(NC(=S)NC(=O)c2cc(Cl)ccc2Cl)c1. The van der Waals surface area contributed by atoms with Gasteiger partial charge < -0.3 is 10.6 Å². The fourth-order valence-corrected chi connectivity index (χ4v) is 2.89. The summed E-state index contributed by atoms with van der Waals surface area (Å²) in [6.07, 6.45) is 1.16. The van der Waals surface area contributed by atoms with Gasteiger partial charge >= 0.3 is 0 Å². The van der Waals surface area contributed by atoms with Crippen molar-refractivity contribution in [2.75, 3.05) is 10.6 Å². The van der Waals surface area contributed by atoms with Gasteiger partial charge in [0.1, 0.15) is 0 Å². The number of rotatable bonds is 5. The van der Waals surface area contributed by atoms with Gasteiger partial charge in [-0.3, -0.25) is 14.9 Å². The minimum absolute atomic E-state index is 0.0231. The van der Waals surface area contributed by atoms with Crippen LogP contribution in [0.2, 0.25) is 15.1 Å². The number of halogens is 3. The highest BCUT2D eigenvalue weighted by Gasteiger charge is 2.14. The molecule has 0 saturated heterocycles. The molecule has 2 rings (SSSR count). The summed E-state index contributed by atoms with van der Waals surface area (Å²) in [5.41, 5.74) is 1.20. The topological polar surface area (TPSA) is 70.2 Å². The number of nitrogens with one attached hydrogen (secondary N) is 3. The third-order valence-corrected chi connectivity index (χ3v) is 4.47. The molecule has 5 nitrogen and oxygen atoms in total. The molecule has 3 N–H and O–H groups in total. The molecular formula is C18H16Cl3N3O2S. The lowest BCUT2D eigenvalue weighted by atomic mass is 10.2. The Labute approximate surface area is 177 Å². The van der Waals surface area contributed by atoms with Crippen molar-refractivity contribution in [1.82, 2.24) is 5.32 Å². The van der Waals surface area contributed by atoms with E-state index in [9.17, 15) is 9.59 Å². The lowest BCUT2D eigenvalue weighted by Crippen LogP contribution is -2.34. The molecule has 0 heterocycles. The Bertz CT molecular complexity index is 890. The molecule has 9 heteroatoms. The molecule has 142 valence electrons. The van der Waals surface area contributed by atoms with Crippen LogP contribution in [0.5, 0.6) is 0 Å². The summed E-state index contributed by atoms with van der Waals surface area (Å²) in [6, 6.07) is 9.46. The van der Waals surface area contributed by atoms with Crippen LogP contribution in [0.15, 0.2) is 36.4 Å². The third-order valence-electron chi connectivity index (χ3n) is 3.38. The van der Waals surface area contributed by atoms with E-state index in [1.807, 2.05) is 6.92 Å². The van der Waals surface area contributed by atoms with Gasteiger partial charge in [-0.2, -0.15) is 0 Å². The molecular weight excluding hydrogens is 429 g/mol. The number of thiocarbonyl (C=S) groups is 1. The summed E-state index contributed by atoms with van der Waals surface area (Å²) in [4.78, 5) is 24.0. The van der Waals surface area contributed by atoms with Crippen molar-refractivity contribution < 1.29 is 9.59 Å². The molecule has 0 bridgehead atoms. The molecule has 0 aliphatic carbocycles. The van der Waals surface area contributed by atoms with Gasteiger partial charge in [-0.1, -0.05) is 41.7 Å². The Morgan fingerprint density at radius 3 is 2.41 bits per heavy atom. The predicted molar refractivity (Wildman–Crippen MR) is 115 cm³/mol. The summed E-state index contributed by atoms with van der Waals surface area (Å²) < 4.78 is 0. The number of benzene rings is 2. The number of carbonyl (C=O) groups excluding carboxylic acids is 2. The number of hydrogen-bond donors (Lipinski definition) is 3. The monoisotopic (exact) mass is 443 g/mol. The van der Waals surface area contributed by atoms with Crippen LogP contribution in [0.3, 0.4) is 0 Å². The molecule has 0 aliphatic rings. The van der Waals surface area contributed by atoms with E-state index in [1.165, 1.54) is 12.1 Å². The molecule has 27 heavy (non-hydrogen) atoms. The smallest absolute Gasteiger partial charge is 0.258 e. The summed E-state index contributed by atoms with van der Waals surface area (Å²) >= 11 is 23.2. The standard InChI is InChI=1S/C18H16Cl3N3O2S/c1-2-3-16(25)22-11-5-7-14(21)15(9-11)23-18(27)24-17(26)12-8-10(19)4-6-13(12)20/h4-9H,2-3H2,1H3,(H,22,25)(H2,23,24,26,27). The Morgan fingerprint density at radius 2 is 1.70 bits per heavy atom. The van der Waals surface area contributed by atoms with Crippen LogP contribution < -0.4 is 16.0 Å². The molecule has 0 aliphatic heterocycles. The van der Waals surface area contributed by atoms with Gasteiger partial charge in [-0.15, -0.1) is 0 Å². The zero-order valence-electron chi connectivity index (χ0n) is 14.2. The van der Waals surface area contributed by atoms with Crippen molar-refractivity contribution in [3.63, 3.8) is 0 Å². The highest BCUT2D eigenvalue weighted by Crippen LogP contribution is 2.26.